The molecule has 17 heavy (non-hydrogen) atoms. The molecule has 3 unspecified atom stereocenters. The second-order valence-electron chi connectivity index (χ2n) is 5.50. The van der Waals surface area contributed by atoms with Crippen molar-refractivity contribution in [2.75, 3.05) is 6.54 Å². The Morgan fingerprint density at radius 1 is 1.24 bits per heavy atom. The van der Waals surface area contributed by atoms with Gasteiger partial charge >= 0.3 is 5.97 Å². The molecule has 98 valence electrons. The van der Waals surface area contributed by atoms with Gasteiger partial charge in [-0.15, -0.1) is 0 Å². The van der Waals surface area contributed by atoms with Gasteiger partial charge in [-0.1, -0.05) is 26.2 Å². The molecule has 0 aromatic rings. The molecule has 1 saturated heterocycles. The molecule has 3 heteroatoms. The van der Waals surface area contributed by atoms with Crippen molar-refractivity contribution in [1.82, 2.24) is 5.32 Å². The van der Waals surface area contributed by atoms with Crippen molar-refractivity contribution in [2.24, 2.45) is 5.92 Å². The Hall–Kier alpha value is -0.570. The summed E-state index contributed by atoms with van der Waals surface area (Å²) in [5.74, 6) is 0.757. The predicted octanol–water partition coefficient (Wildman–Crippen LogP) is 2.64. The molecule has 2 aliphatic rings. The van der Waals surface area contributed by atoms with Crippen molar-refractivity contribution in [3.63, 3.8) is 0 Å². The van der Waals surface area contributed by atoms with E-state index >= 15 is 0 Å². The first-order valence-electron chi connectivity index (χ1n) is 7.23. The minimum Gasteiger partial charge on any atom is -0.461 e. The highest BCUT2D eigenvalue weighted by molar-refractivity contribution is 5.76. The number of carbonyl (C=O) groups excluding carboxylic acids is 1. The van der Waals surface area contributed by atoms with Crippen LogP contribution in [-0.4, -0.2) is 24.7 Å². The Labute approximate surface area is 104 Å². The maximum Gasteiger partial charge on any atom is 0.323 e. The average molecular weight is 239 g/mol. The van der Waals surface area contributed by atoms with Crippen LogP contribution in [-0.2, 0) is 9.53 Å². The summed E-state index contributed by atoms with van der Waals surface area (Å²) in [7, 11) is 0. The van der Waals surface area contributed by atoms with Crippen LogP contribution < -0.4 is 5.32 Å². The molecule has 0 aromatic heterocycles. The minimum absolute atomic E-state index is 0.00791. The smallest absolute Gasteiger partial charge is 0.323 e. The molecule has 3 atom stereocenters. The first-order chi connectivity index (χ1) is 8.29. The quantitative estimate of drug-likeness (QED) is 0.769. The SMILES string of the molecule is CCC1CCCC(OC(=O)C2CCCCN2)C1. The highest BCUT2D eigenvalue weighted by Crippen LogP contribution is 2.28. The number of carbonyl (C=O) groups is 1. The van der Waals surface area contributed by atoms with Crippen molar-refractivity contribution in [1.29, 1.82) is 0 Å². The summed E-state index contributed by atoms with van der Waals surface area (Å²) in [5.41, 5.74) is 0. The summed E-state index contributed by atoms with van der Waals surface area (Å²) >= 11 is 0. The lowest BCUT2D eigenvalue weighted by Crippen LogP contribution is -2.43. The molecule has 1 saturated carbocycles. The normalized spacial score (nSPS) is 34.3. The first-order valence-corrected chi connectivity index (χ1v) is 7.23. The fraction of sp³-hybridized carbons (Fsp3) is 0.929. The van der Waals surface area contributed by atoms with Crippen LogP contribution in [0.1, 0.15) is 58.3 Å². The topological polar surface area (TPSA) is 38.3 Å². The Morgan fingerprint density at radius 3 is 2.82 bits per heavy atom. The third kappa shape index (κ3) is 3.70. The molecule has 0 amide bonds. The Balaban J connectivity index is 1.77. The molecule has 0 aromatic carbocycles. The third-order valence-corrected chi connectivity index (χ3v) is 4.19. The van der Waals surface area contributed by atoms with Crippen LogP contribution >= 0.6 is 0 Å². The molecule has 2 rings (SSSR count). The van der Waals surface area contributed by atoms with Crippen molar-refractivity contribution in [3.05, 3.63) is 0 Å². The van der Waals surface area contributed by atoms with Crippen LogP contribution in [0.3, 0.4) is 0 Å². The van der Waals surface area contributed by atoms with E-state index < -0.39 is 0 Å². The van der Waals surface area contributed by atoms with E-state index in [2.05, 4.69) is 12.2 Å². The van der Waals surface area contributed by atoms with E-state index in [0.29, 0.717) is 0 Å². The summed E-state index contributed by atoms with van der Waals surface area (Å²) in [6.07, 6.45) is 9.36. The lowest BCUT2D eigenvalue weighted by atomic mass is 9.85. The second-order valence-corrected chi connectivity index (χ2v) is 5.50. The van der Waals surface area contributed by atoms with Crippen molar-refractivity contribution in [2.45, 2.75) is 70.4 Å². The molecular weight excluding hydrogens is 214 g/mol. The predicted molar refractivity (Wildman–Crippen MR) is 67.8 cm³/mol. The zero-order chi connectivity index (χ0) is 12.1. The second kappa shape index (κ2) is 6.39. The monoisotopic (exact) mass is 239 g/mol. The van der Waals surface area contributed by atoms with Gasteiger partial charge in [0.05, 0.1) is 0 Å². The number of hydrogen-bond acceptors (Lipinski definition) is 3. The highest BCUT2D eigenvalue weighted by atomic mass is 16.5. The Morgan fingerprint density at radius 2 is 2.12 bits per heavy atom. The van der Waals surface area contributed by atoms with E-state index in [-0.39, 0.29) is 18.1 Å². The Bertz CT molecular complexity index is 249. The molecule has 1 N–H and O–H groups in total. The van der Waals surface area contributed by atoms with Gasteiger partial charge < -0.3 is 10.1 Å². The highest BCUT2D eigenvalue weighted by Gasteiger charge is 2.28. The molecule has 2 fully saturated rings. The first kappa shape index (κ1) is 12.9. The van der Waals surface area contributed by atoms with Crippen molar-refractivity contribution < 1.29 is 9.53 Å². The van der Waals surface area contributed by atoms with E-state index in [1.165, 1.54) is 25.7 Å². The molecule has 0 bridgehead atoms. The lowest BCUT2D eigenvalue weighted by Gasteiger charge is -2.30. The number of piperidine rings is 1. The van der Waals surface area contributed by atoms with Crippen LogP contribution in [0.25, 0.3) is 0 Å². The van der Waals surface area contributed by atoms with Gasteiger partial charge in [0.25, 0.3) is 0 Å². The number of ether oxygens (including phenoxy) is 1. The van der Waals surface area contributed by atoms with Gasteiger partial charge in [-0.25, -0.2) is 0 Å². The van der Waals surface area contributed by atoms with E-state index in [1.54, 1.807) is 0 Å². The maximum absolute atomic E-state index is 12.0. The zero-order valence-corrected chi connectivity index (χ0v) is 10.9. The van der Waals surface area contributed by atoms with Gasteiger partial charge in [-0.05, 0) is 44.6 Å². The van der Waals surface area contributed by atoms with Crippen LogP contribution in [0.5, 0.6) is 0 Å². The fourth-order valence-electron chi connectivity index (χ4n) is 3.02. The van der Waals surface area contributed by atoms with Crippen LogP contribution in [0.15, 0.2) is 0 Å². The maximum atomic E-state index is 12.0. The fourth-order valence-corrected chi connectivity index (χ4v) is 3.02. The van der Waals surface area contributed by atoms with Gasteiger partial charge in [-0.2, -0.15) is 0 Å². The van der Waals surface area contributed by atoms with Crippen molar-refractivity contribution in [3.8, 4) is 0 Å². The van der Waals surface area contributed by atoms with Gasteiger partial charge in [0.2, 0.25) is 0 Å². The molecule has 1 aliphatic heterocycles. The third-order valence-electron chi connectivity index (χ3n) is 4.19. The van der Waals surface area contributed by atoms with E-state index in [4.69, 9.17) is 4.74 Å². The standard InChI is InChI=1S/C14H25NO2/c1-2-11-6-5-7-12(10-11)17-14(16)13-8-3-4-9-15-13/h11-13,15H,2-10H2,1H3. The van der Waals surface area contributed by atoms with Gasteiger partial charge in [-0.3, -0.25) is 4.79 Å². The summed E-state index contributed by atoms with van der Waals surface area (Å²) in [6.45, 7) is 3.19. The molecule has 0 spiro atoms. The summed E-state index contributed by atoms with van der Waals surface area (Å²) < 4.78 is 5.66. The van der Waals surface area contributed by atoms with Gasteiger partial charge in [0.1, 0.15) is 12.1 Å². The molecule has 0 radical (unpaired) electrons. The number of hydrogen-bond donors (Lipinski definition) is 1. The summed E-state index contributed by atoms with van der Waals surface area (Å²) in [5, 5.41) is 3.26. The van der Waals surface area contributed by atoms with E-state index in [9.17, 15) is 4.79 Å². The number of rotatable bonds is 3. The average Bonchev–Trinajstić information content (AvgIpc) is 2.40. The van der Waals surface area contributed by atoms with Crippen LogP contribution in [0, 0.1) is 5.92 Å². The summed E-state index contributed by atoms with van der Waals surface area (Å²) in [6, 6.07) is -0.0363. The largest absolute Gasteiger partial charge is 0.461 e. The number of nitrogens with one attached hydrogen (secondary N) is 1. The molecular formula is C14H25NO2. The van der Waals surface area contributed by atoms with Crippen LogP contribution in [0.4, 0.5) is 0 Å². The van der Waals surface area contributed by atoms with Gasteiger partial charge in [0.15, 0.2) is 0 Å². The van der Waals surface area contributed by atoms with Gasteiger partial charge in [0, 0.05) is 0 Å². The Kier molecular flexibility index (Phi) is 4.84. The van der Waals surface area contributed by atoms with E-state index in [1.807, 2.05) is 0 Å². The van der Waals surface area contributed by atoms with Crippen LogP contribution in [0.2, 0.25) is 0 Å². The molecule has 1 aliphatic carbocycles. The summed E-state index contributed by atoms with van der Waals surface area (Å²) in [4.78, 5) is 12.0. The van der Waals surface area contributed by atoms with Crippen molar-refractivity contribution >= 4 is 5.97 Å². The zero-order valence-electron chi connectivity index (χ0n) is 10.9. The minimum atomic E-state index is -0.0363. The van der Waals surface area contributed by atoms with E-state index in [0.717, 1.165) is 38.1 Å². The molecule has 3 nitrogen and oxygen atoms in total. The lowest BCUT2D eigenvalue weighted by molar-refractivity contribution is -0.154. The number of esters is 1. The molecule has 1 heterocycles.